The molecule has 1 atom stereocenters. The number of anilines is 2. The number of hydrogen-bond donors (Lipinski definition) is 2. The molecule has 0 aromatic carbocycles. The summed E-state index contributed by atoms with van der Waals surface area (Å²) in [5.74, 6) is 2.48. The Morgan fingerprint density at radius 3 is 2.76 bits per heavy atom. The highest BCUT2D eigenvalue weighted by atomic mass is 15.1. The highest BCUT2D eigenvalue weighted by Gasteiger charge is 2.10. The molecule has 0 radical (unpaired) electrons. The number of imidazole rings is 1. The first-order valence-corrected chi connectivity index (χ1v) is 7.94. The van der Waals surface area contributed by atoms with Crippen molar-refractivity contribution in [1.29, 1.82) is 0 Å². The molecule has 0 saturated heterocycles. The van der Waals surface area contributed by atoms with Crippen LogP contribution in [-0.4, -0.2) is 27.0 Å². The predicted octanol–water partition coefficient (Wildman–Crippen LogP) is 3.79. The monoisotopic (exact) mass is 289 g/mol. The minimum Gasteiger partial charge on any atom is -0.369 e. The zero-order valence-electron chi connectivity index (χ0n) is 13.6. The number of nitrogens with one attached hydrogen (secondary N) is 2. The molecule has 5 heteroatoms. The molecular formula is C16H27N5. The van der Waals surface area contributed by atoms with Gasteiger partial charge in [0.1, 0.15) is 5.82 Å². The van der Waals surface area contributed by atoms with Crippen molar-refractivity contribution < 1.29 is 0 Å². The minimum atomic E-state index is 0.391. The highest BCUT2D eigenvalue weighted by molar-refractivity contribution is 5.65. The van der Waals surface area contributed by atoms with E-state index in [1.54, 1.807) is 0 Å². The molecular weight excluding hydrogens is 262 g/mol. The first-order chi connectivity index (χ1) is 10.1. The average molecular weight is 289 g/mol. The fourth-order valence-corrected chi connectivity index (χ4v) is 2.26. The van der Waals surface area contributed by atoms with E-state index in [-0.39, 0.29) is 0 Å². The van der Waals surface area contributed by atoms with Crippen molar-refractivity contribution in [2.45, 2.75) is 53.0 Å². The quantitative estimate of drug-likeness (QED) is 0.776. The highest BCUT2D eigenvalue weighted by Crippen LogP contribution is 2.19. The lowest BCUT2D eigenvalue weighted by atomic mass is 10.0. The van der Waals surface area contributed by atoms with Crippen LogP contribution in [0.25, 0.3) is 5.65 Å². The van der Waals surface area contributed by atoms with Crippen molar-refractivity contribution in [3.8, 4) is 0 Å². The van der Waals surface area contributed by atoms with Gasteiger partial charge in [-0.25, -0.2) is 9.97 Å². The van der Waals surface area contributed by atoms with Gasteiger partial charge >= 0.3 is 0 Å². The molecule has 0 fully saturated rings. The molecule has 2 N–H and O–H groups in total. The van der Waals surface area contributed by atoms with Gasteiger partial charge in [-0.3, -0.25) is 0 Å². The molecule has 0 spiro atoms. The Morgan fingerprint density at radius 1 is 1.24 bits per heavy atom. The normalized spacial score (nSPS) is 12.8. The van der Waals surface area contributed by atoms with Crippen LogP contribution in [0, 0.1) is 5.92 Å². The fourth-order valence-electron chi connectivity index (χ4n) is 2.26. The maximum atomic E-state index is 4.67. The van der Waals surface area contributed by atoms with Crippen LogP contribution in [0.1, 0.15) is 47.0 Å². The Balaban J connectivity index is 2.14. The third-order valence-corrected chi connectivity index (χ3v) is 3.49. The summed E-state index contributed by atoms with van der Waals surface area (Å²) in [6, 6.07) is 0.391. The topological polar surface area (TPSA) is 54.2 Å². The summed E-state index contributed by atoms with van der Waals surface area (Å²) in [6.45, 7) is 9.79. The van der Waals surface area contributed by atoms with Crippen molar-refractivity contribution in [3.63, 3.8) is 0 Å². The van der Waals surface area contributed by atoms with E-state index in [1.165, 1.54) is 6.42 Å². The van der Waals surface area contributed by atoms with Gasteiger partial charge in [0.05, 0.1) is 6.20 Å². The van der Waals surface area contributed by atoms with Crippen molar-refractivity contribution in [2.24, 2.45) is 5.92 Å². The third-order valence-electron chi connectivity index (χ3n) is 3.49. The Kier molecular flexibility index (Phi) is 5.42. The molecule has 0 bridgehead atoms. The Hall–Kier alpha value is -1.78. The van der Waals surface area contributed by atoms with E-state index in [0.717, 1.165) is 42.6 Å². The lowest BCUT2D eigenvalue weighted by Gasteiger charge is -2.17. The molecule has 0 saturated carbocycles. The Bertz CT molecular complexity index is 561. The van der Waals surface area contributed by atoms with Crippen molar-refractivity contribution in [3.05, 3.63) is 18.6 Å². The maximum absolute atomic E-state index is 4.67. The van der Waals surface area contributed by atoms with Crippen molar-refractivity contribution in [1.82, 2.24) is 14.4 Å². The van der Waals surface area contributed by atoms with Crippen LogP contribution in [0.4, 0.5) is 11.6 Å². The molecule has 2 aromatic heterocycles. The molecule has 2 aromatic rings. The lowest BCUT2D eigenvalue weighted by molar-refractivity contribution is 0.527. The van der Waals surface area contributed by atoms with Gasteiger partial charge in [0.25, 0.3) is 0 Å². The van der Waals surface area contributed by atoms with Crippen LogP contribution in [0.15, 0.2) is 18.6 Å². The predicted molar refractivity (Wildman–Crippen MR) is 88.9 cm³/mol. The number of hydrogen-bond acceptors (Lipinski definition) is 4. The zero-order chi connectivity index (χ0) is 15.2. The lowest BCUT2D eigenvalue weighted by Crippen LogP contribution is -2.18. The molecule has 0 aliphatic heterocycles. The summed E-state index contributed by atoms with van der Waals surface area (Å²) < 4.78 is 2.02. The average Bonchev–Trinajstić information content (AvgIpc) is 2.91. The first-order valence-electron chi connectivity index (χ1n) is 7.94. The van der Waals surface area contributed by atoms with Gasteiger partial charge in [-0.05, 0) is 32.1 Å². The van der Waals surface area contributed by atoms with E-state index in [4.69, 9.17) is 0 Å². The standard InChI is InChI=1S/C16H27N5/c1-5-8-17-14-11-21-10-9-18-16(21)15(20-14)19-13(4)7-6-12(2)3/h9-13,17H,5-8H2,1-4H3,(H,19,20). The summed E-state index contributed by atoms with van der Waals surface area (Å²) >= 11 is 0. The van der Waals surface area contributed by atoms with E-state index in [2.05, 4.69) is 48.3 Å². The molecule has 0 aliphatic rings. The van der Waals surface area contributed by atoms with Crippen LogP contribution >= 0.6 is 0 Å². The second-order valence-electron chi connectivity index (χ2n) is 6.08. The van der Waals surface area contributed by atoms with E-state index in [9.17, 15) is 0 Å². The van der Waals surface area contributed by atoms with E-state index < -0.39 is 0 Å². The Labute approximate surface area is 127 Å². The maximum Gasteiger partial charge on any atom is 0.180 e. The number of aromatic nitrogens is 3. The van der Waals surface area contributed by atoms with Crippen LogP contribution in [0.5, 0.6) is 0 Å². The third kappa shape index (κ3) is 4.34. The van der Waals surface area contributed by atoms with Crippen LogP contribution in [-0.2, 0) is 0 Å². The molecule has 2 rings (SSSR count). The molecule has 2 heterocycles. The summed E-state index contributed by atoms with van der Waals surface area (Å²) in [6.07, 6.45) is 9.19. The number of rotatable bonds is 8. The molecule has 1 unspecified atom stereocenters. The van der Waals surface area contributed by atoms with Crippen molar-refractivity contribution >= 4 is 17.3 Å². The minimum absolute atomic E-state index is 0.391. The summed E-state index contributed by atoms with van der Waals surface area (Å²) in [7, 11) is 0. The van der Waals surface area contributed by atoms with E-state index in [0.29, 0.717) is 6.04 Å². The van der Waals surface area contributed by atoms with E-state index >= 15 is 0 Å². The second-order valence-corrected chi connectivity index (χ2v) is 6.08. The van der Waals surface area contributed by atoms with Gasteiger partial charge in [0, 0.05) is 25.0 Å². The summed E-state index contributed by atoms with van der Waals surface area (Å²) in [5, 5.41) is 6.85. The van der Waals surface area contributed by atoms with Gasteiger partial charge < -0.3 is 15.0 Å². The van der Waals surface area contributed by atoms with Crippen LogP contribution in [0.3, 0.4) is 0 Å². The first kappa shape index (κ1) is 15.6. The second kappa shape index (κ2) is 7.29. The van der Waals surface area contributed by atoms with Gasteiger partial charge in [-0.15, -0.1) is 0 Å². The smallest absolute Gasteiger partial charge is 0.180 e. The largest absolute Gasteiger partial charge is 0.369 e. The van der Waals surface area contributed by atoms with Gasteiger partial charge in [-0.1, -0.05) is 20.8 Å². The Morgan fingerprint density at radius 2 is 2.05 bits per heavy atom. The number of nitrogens with zero attached hydrogens (tertiary/aromatic N) is 3. The SMILES string of the molecule is CCCNc1cn2ccnc2c(NC(C)CCC(C)C)n1. The number of fused-ring (bicyclic) bond motifs is 1. The van der Waals surface area contributed by atoms with E-state index in [1.807, 2.05) is 23.0 Å². The molecule has 21 heavy (non-hydrogen) atoms. The molecule has 116 valence electrons. The molecule has 5 nitrogen and oxygen atoms in total. The summed E-state index contributed by atoms with van der Waals surface area (Å²) in [4.78, 5) is 9.07. The van der Waals surface area contributed by atoms with Gasteiger partial charge in [0.15, 0.2) is 11.5 Å². The molecule has 0 amide bonds. The molecule has 0 aliphatic carbocycles. The van der Waals surface area contributed by atoms with Gasteiger partial charge in [0.2, 0.25) is 0 Å². The summed E-state index contributed by atoms with van der Waals surface area (Å²) in [5.41, 5.74) is 0.883. The van der Waals surface area contributed by atoms with Crippen molar-refractivity contribution in [2.75, 3.05) is 17.2 Å². The fraction of sp³-hybridized carbons (Fsp3) is 0.625. The van der Waals surface area contributed by atoms with Crippen LogP contribution < -0.4 is 10.6 Å². The van der Waals surface area contributed by atoms with Crippen LogP contribution in [0.2, 0.25) is 0 Å². The zero-order valence-corrected chi connectivity index (χ0v) is 13.6. The van der Waals surface area contributed by atoms with Gasteiger partial charge in [-0.2, -0.15) is 0 Å².